The standard InChI is InChI=1S/C6H12N2O/c1-6(2)3-4(9)5(7)8-6/h4,9H,3H2,1-2H3,(H2,7,8). The Morgan fingerprint density at radius 1 is 1.78 bits per heavy atom. The molecular formula is C6H12N2O. The van der Waals surface area contributed by atoms with Crippen molar-refractivity contribution in [3.8, 4) is 0 Å². The Bertz CT molecular complexity index is 151. The molecule has 1 rings (SSSR count). The van der Waals surface area contributed by atoms with Crippen LogP contribution in [0.3, 0.4) is 0 Å². The van der Waals surface area contributed by atoms with E-state index in [4.69, 9.17) is 10.8 Å². The van der Waals surface area contributed by atoms with Gasteiger partial charge in [0.2, 0.25) is 0 Å². The van der Waals surface area contributed by atoms with Crippen molar-refractivity contribution in [1.82, 2.24) is 0 Å². The van der Waals surface area contributed by atoms with Crippen LogP contribution in [0.5, 0.6) is 0 Å². The molecule has 0 radical (unpaired) electrons. The second-order valence-electron chi connectivity index (χ2n) is 3.07. The summed E-state index contributed by atoms with van der Waals surface area (Å²) in [6.45, 7) is 3.91. The highest BCUT2D eigenvalue weighted by molar-refractivity contribution is 5.86. The summed E-state index contributed by atoms with van der Waals surface area (Å²) in [5, 5.41) is 9.08. The van der Waals surface area contributed by atoms with E-state index in [1.165, 1.54) is 0 Å². The fourth-order valence-corrected chi connectivity index (χ4v) is 1.05. The highest BCUT2D eigenvalue weighted by atomic mass is 16.3. The van der Waals surface area contributed by atoms with E-state index in [0.29, 0.717) is 12.3 Å². The highest BCUT2D eigenvalue weighted by Crippen LogP contribution is 2.22. The molecule has 3 N–H and O–H groups in total. The number of hydrogen-bond donors (Lipinski definition) is 2. The molecule has 0 aliphatic carbocycles. The number of aliphatic hydroxyl groups excluding tert-OH is 1. The number of amidine groups is 1. The first-order valence-electron chi connectivity index (χ1n) is 3.04. The molecule has 1 aliphatic heterocycles. The Balaban J connectivity index is 2.74. The van der Waals surface area contributed by atoms with Crippen LogP contribution >= 0.6 is 0 Å². The maximum atomic E-state index is 9.08. The third-order valence-corrected chi connectivity index (χ3v) is 1.47. The number of rotatable bonds is 0. The fraction of sp³-hybridized carbons (Fsp3) is 0.833. The van der Waals surface area contributed by atoms with Crippen molar-refractivity contribution >= 4 is 5.84 Å². The summed E-state index contributed by atoms with van der Waals surface area (Å²) in [5.74, 6) is 0.375. The van der Waals surface area contributed by atoms with Gasteiger partial charge in [-0.25, -0.2) is 0 Å². The topological polar surface area (TPSA) is 58.6 Å². The van der Waals surface area contributed by atoms with Gasteiger partial charge >= 0.3 is 0 Å². The van der Waals surface area contributed by atoms with Crippen LogP contribution in [0.4, 0.5) is 0 Å². The monoisotopic (exact) mass is 128 g/mol. The van der Waals surface area contributed by atoms with E-state index >= 15 is 0 Å². The first kappa shape index (κ1) is 6.55. The Kier molecular flexibility index (Phi) is 1.24. The summed E-state index contributed by atoms with van der Waals surface area (Å²) < 4.78 is 0. The Morgan fingerprint density at radius 2 is 2.33 bits per heavy atom. The van der Waals surface area contributed by atoms with Crippen molar-refractivity contribution in [3.63, 3.8) is 0 Å². The highest BCUT2D eigenvalue weighted by Gasteiger charge is 2.30. The van der Waals surface area contributed by atoms with E-state index in [1.54, 1.807) is 0 Å². The van der Waals surface area contributed by atoms with Crippen LogP contribution < -0.4 is 5.73 Å². The maximum Gasteiger partial charge on any atom is 0.123 e. The van der Waals surface area contributed by atoms with Crippen molar-refractivity contribution < 1.29 is 5.11 Å². The predicted octanol–water partition coefficient (Wildman–Crippen LogP) is -0.113. The Labute approximate surface area is 54.6 Å². The van der Waals surface area contributed by atoms with Gasteiger partial charge in [0.25, 0.3) is 0 Å². The molecule has 3 heteroatoms. The lowest BCUT2D eigenvalue weighted by Gasteiger charge is -2.11. The van der Waals surface area contributed by atoms with Gasteiger partial charge in [0, 0.05) is 6.42 Å². The van der Waals surface area contributed by atoms with E-state index in [-0.39, 0.29) is 5.54 Å². The summed E-state index contributed by atoms with van der Waals surface area (Å²) in [4.78, 5) is 4.05. The van der Waals surface area contributed by atoms with E-state index in [2.05, 4.69) is 4.99 Å². The normalized spacial score (nSPS) is 32.3. The largest absolute Gasteiger partial charge is 0.385 e. The number of aliphatic hydroxyl groups is 1. The SMILES string of the molecule is CC1(C)CC(O)C(N)=N1. The van der Waals surface area contributed by atoms with Crippen molar-refractivity contribution in [1.29, 1.82) is 0 Å². The third-order valence-electron chi connectivity index (χ3n) is 1.47. The molecule has 52 valence electrons. The van der Waals surface area contributed by atoms with E-state index in [1.807, 2.05) is 13.8 Å². The molecule has 0 fully saturated rings. The summed E-state index contributed by atoms with van der Waals surface area (Å²) in [6, 6.07) is 0. The van der Waals surface area contributed by atoms with Crippen molar-refractivity contribution in [2.24, 2.45) is 10.7 Å². The molecule has 0 spiro atoms. The average molecular weight is 128 g/mol. The second kappa shape index (κ2) is 1.70. The van der Waals surface area contributed by atoms with Crippen LogP contribution in [0.15, 0.2) is 4.99 Å². The molecule has 3 nitrogen and oxygen atoms in total. The molecule has 0 aromatic rings. The lowest BCUT2D eigenvalue weighted by atomic mass is 10.0. The predicted molar refractivity (Wildman–Crippen MR) is 36.3 cm³/mol. The molecular weight excluding hydrogens is 116 g/mol. The maximum absolute atomic E-state index is 9.08. The molecule has 0 aromatic carbocycles. The zero-order valence-corrected chi connectivity index (χ0v) is 5.76. The van der Waals surface area contributed by atoms with Gasteiger partial charge in [-0.1, -0.05) is 0 Å². The van der Waals surface area contributed by atoms with Gasteiger partial charge in [-0.15, -0.1) is 0 Å². The van der Waals surface area contributed by atoms with Gasteiger partial charge < -0.3 is 10.8 Å². The summed E-state index contributed by atoms with van der Waals surface area (Å²) in [6.07, 6.45) is 0.138. The van der Waals surface area contributed by atoms with E-state index < -0.39 is 6.10 Å². The van der Waals surface area contributed by atoms with Crippen LogP contribution in [0, 0.1) is 0 Å². The van der Waals surface area contributed by atoms with Crippen LogP contribution in [-0.2, 0) is 0 Å². The van der Waals surface area contributed by atoms with Gasteiger partial charge in [0.15, 0.2) is 0 Å². The van der Waals surface area contributed by atoms with Crippen LogP contribution in [0.2, 0.25) is 0 Å². The summed E-state index contributed by atoms with van der Waals surface area (Å²) in [5.41, 5.74) is 5.20. The molecule has 0 saturated carbocycles. The molecule has 9 heavy (non-hydrogen) atoms. The van der Waals surface area contributed by atoms with Crippen molar-refractivity contribution in [2.45, 2.75) is 31.9 Å². The summed E-state index contributed by atoms with van der Waals surface area (Å²) >= 11 is 0. The minimum Gasteiger partial charge on any atom is -0.385 e. The van der Waals surface area contributed by atoms with Gasteiger partial charge in [0.05, 0.1) is 5.54 Å². The molecule has 0 aromatic heterocycles. The molecule has 0 bridgehead atoms. The van der Waals surface area contributed by atoms with Gasteiger partial charge in [-0.3, -0.25) is 4.99 Å². The van der Waals surface area contributed by atoms with Gasteiger partial charge in [-0.05, 0) is 13.8 Å². The molecule has 1 unspecified atom stereocenters. The van der Waals surface area contributed by atoms with Crippen LogP contribution in [0.25, 0.3) is 0 Å². The lowest BCUT2D eigenvalue weighted by Crippen LogP contribution is -2.24. The van der Waals surface area contributed by atoms with Crippen molar-refractivity contribution in [2.75, 3.05) is 0 Å². The number of hydrogen-bond acceptors (Lipinski definition) is 3. The molecule has 1 aliphatic rings. The number of aliphatic imine (C=N–C) groups is 1. The lowest BCUT2D eigenvalue weighted by molar-refractivity contribution is 0.219. The van der Waals surface area contributed by atoms with Crippen LogP contribution in [-0.4, -0.2) is 22.6 Å². The number of nitrogens with zero attached hydrogens (tertiary/aromatic N) is 1. The first-order valence-corrected chi connectivity index (χ1v) is 3.04. The van der Waals surface area contributed by atoms with Crippen molar-refractivity contribution in [3.05, 3.63) is 0 Å². The molecule has 0 saturated heterocycles. The van der Waals surface area contributed by atoms with E-state index in [9.17, 15) is 0 Å². The minimum atomic E-state index is -0.514. The van der Waals surface area contributed by atoms with Gasteiger partial charge in [0.1, 0.15) is 11.9 Å². The minimum absolute atomic E-state index is 0.149. The third kappa shape index (κ3) is 1.21. The zero-order valence-electron chi connectivity index (χ0n) is 5.76. The van der Waals surface area contributed by atoms with Gasteiger partial charge in [-0.2, -0.15) is 0 Å². The Hall–Kier alpha value is -0.570. The molecule has 0 amide bonds. The van der Waals surface area contributed by atoms with E-state index in [0.717, 1.165) is 0 Å². The zero-order chi connectivity index (χ0) is 7.07. The smallest absolute Gasteiger partial charge is 0.123 e. The quantitative estimate of drug-likeness (QED) is 0.478. The fourth-order valence-electron chi connectivity index (χ4n) is 1.05. The first-order chi connectivity index (χ1) is 4.01. The summed E-state index contributed by atoms with van der Waals surface area (Å²) in [7, 11) is 0. The van der Waals surface area contributed by atoms with Crippen LogP contribution in [0.1, 0.15) is 20.3 Å². The number of nitrogens with two attached hydrogens (primary N) is 1. The second-order valence-corrected chi connectivity index (χ2v) is 3.07. The average Bonchev–Trinajstić information content (AvgIpc) is 1.79. The molecule has 1 atom stereocenters. The molecule has 1 heterocycles. The Morgan fingerprint density at radius 3 is 2.44 bits per heavy atom.